The van der Waals surface area contributed by atoms with Crippen molar-refractivity contribution in [2.45, 2.75) is 263 Å². The van der Waals surface area contributed by atoms with Crippen LogP contribution in [0.2, 0.25) is 0 Å². The minimum Gasteiger partial charge on any atom is -0.461 e. The van der Waals surface area contributed by atoms with Gasteiger partial charge in [-0.3, -0.25) is 77.0 Å². The molecule has 0 radical (unpaired) electrons. The zero-order valence-corrected chi connectivity index (χ0v) is 63.9. The molecule has 0 saturated carbocycles. The van der Waals surface area contributed by atoms with Crippen LogP contribution in [-0.4, -0.2) is 154 Å². The molecule has 12 amide bonds. The Kier molecular flexibility index (Phi) is 42.5. The molecule has 1 aromatic rings. The van der Waals surface area contributed by atoms with Crippen LogP contribution in [0, 0.1) is 59.2 Å². The predicted octanol–water partition coefficient (Wildman–Crippen LogP) is 8.90. The van der Waals surface area contributed by atoms with Crippen molar-refractivity contribution in [3.63, 3.8) is 0 Å². The number of ether oxygens (including phenoxy) is 1. The van der Waals surface area contributed by atoms with Crippen LogP contribution in [0.25, 0.3) is 0 Å². The average molecular weight is 1450 g/mol. The van der Waals surface area contributed by atoms with E-state index in [-0.39, 0.29) is 188 Å². The number of ketones is 5. The lowest BCUT2D eigenvalue weighted by molar-refractivity contribution is -0.142. The molecule has 4 rings (SSSR count). The van der Waals surface area contributed by atoms with Gasteiger partial charge in [-0.2, -0.15) is 0 Å². The third kappa shape index (κ3) is 34.4. The van der Waals surface area contributed by atoms with Crippen molar-refractivity contribution in [2.75, 3.05) is 32.7 Å². The third-order valence-corrected chi connectivity index (χ3v) is 19.2. The van der Waals surface area contributed by atoms with Gasteiger partial charge in [-0.15, -0.1) is 0 Å². The van der Waals surface area contributed by atoms with Crippen LogP contribution >= 0.6 is 0 Å². The molecule has 3 saturated heterocycles. The number of unbranched alkanes of at least 4 members (excludes halogenated alkanes) is 6. The lowest BCUT2D eigenvalue weighted by Crippen LogP contribution is -2.46. The maximum Gasteiger partial charge on any atom is 0.312 e. The normalized spacial score (nSPS) is 17.1. The van der Waals surface area contributed by atoms with Crippen LogP contribution in [0.15, 0.2) is 24.3 Å². The van der Waals surface area contributed by atoms with E-state index in [0.717, 1.165) is 30.4 Å². The van der Waals surface area contributed by atoms with Crippen LogP contribution < -0.4 is 32.7 Å². The molecule has 0 aromatic heterocycles. The first-order chi connectivity index (χ1) is 48.5. The molecule has 3 unspecified atom stereocenters. The predicted molar refractivity (Wildman–Crippen MR) is 389 cm³/mol. The molecule has 0 aliphatic carbocycles. The number of hydrogen-bond acceptors (Lipinski definition) is 17. The molecule has 8 N–H and O–H groups in total. The van der Waals surface area contributed by atoms with E-state index in [4.69, 9.17) is 16.2 Å². The summed E-state index contributed by atoms with van der Waals surface area (Å²) >= 11 is 0. The zero-order valence-electron chi connectivity index (χ0n) is 63.9. The van der Waals surface area contributed by atoms with Crippen LogP contribution in [0.3, 0.4) is 0 Å². The minimum atomic E-state index is -0.833. The Bertz CT molecular complexity index is 3020. The number of imide groups is 3. The highest BCUT2D eigenvalue weighted by molar-refractivity contribution is 6.05. The van der Waals surface area contributed by atoms with Gasteiger partial charge in [0.25, 0.3) is 0 Å². The van der Waals surface area contributed by atoms with Crippen molar-refractivity contribution in [1.82, 2.24) is 36.0 Å². The first kappa shape index (κ1) is 91.0. The average Bonchev–Trinajstić information content (AvgIpc) is 1.70. The van der Waals surface area contributed by atoms with Crippen LogP contribution in [-0.2, 0) is 84.9 Å². The lowest BCUT2D eigenvalue weighted by atomic mass is 9.88. The lowest BCUT2D eigenvalue weighted by Gasteiger charge is -2.24. The van der Waals surface area contributed by atoms with Gasteiger partial charge in [-0.1, -0.05) is 120 Å². The number of nitrogens with zero attached hydrogens (tertiary/aromatic N) is 3. The van der Waals surface area contributed by atoms with E-state index in [1.807, 2.05) is 76.2 Å². The number of primary amides is 2. The summed E-state index contributed by atoms with van der Waals surface area (Å²) < 4.78 is 5.00. The van der Waals surface area contributed by atoms with Gasteiger partial charge in [0.05, 0.1) is 12.1 Å². The molecule has 26 nitrogen and oxygen atoms in total. The van der Waals surface area contributed by atoms with E-state index in [9.17, 15) is 76.7 Å². The molecule has 7 atom stereocenters. The Balaban J connectivity index is 0.000000573. The van der Waals surface area contributed by atoms with Gasteiger partial charge in [-0.25, -0.2) is 9.59 Å². The molecule has 1 aromatic carbocycles. The van der Waals surface area contributed by atoms with Crippen molar-refractivity contribution in [2.24, 2.45) is 70.6 Å². The number of hydrogen-bond donors (Lipinski definition) is 6. The summed E-state index contributed by atoms with van der Waals surface area (Å²) in [4.78, 5) is 199. The van der Waals surface area contributed by atoms with Crippen molar-refractivity contribution in [3.05, 3.63) is 35.4 Å². The quantitative estimate of drug-likeness (QED) is 0.0201. The van der Waals surface area contributed by atoms with Crippen molar-refractivity contribution in [1.29, 1.82) is 0 Å². The smallest absolute Gasteiger partial charge is 0.312 e. The SMILES string of the molecule is CC(=O)CCCCCN1C(=O)CC(C(C)C)C1=O.CC(=O)OCc1ccc(CC(=O)[C@H](CCCNC(N)=O)NC(=O)[C@@H](CC(=O)CCCCCN2C(=O)CC(C(C)C)C2=O)C(C)C)cc1.CCCC(=O)[C@H](CCCNC(N)=O)NC(=O)[C@@H](CC(=O)CCCCCN1C(=O)CC(C(C)C)C1=O)C(C)C. The summed E-state index contributed by atoms with van der Waals surface area (Å²) in [5, 5.41) is 10.7. The number of likely N-dealkylation sites (tertiary alicyclic amines) is 3. The Morgan fingerprint density at radius 3 is 1.13 bits per heavy atom. The van der Waals surface area contributed by atoms with E-state index in [2.05, 4.69) is 21.3 Å². The van der Waals surface area contributed by atoms with E-state index in [0.29, 0.717) is 116 Å². The molecule has 578 valence electrons. The monoisotopic (exact) mass is 1450 g/mol. The topological polar surface area (TPSA) is 392 Å². The molecule has 3 aliphatic rings. The number of urea groups is 2. The van der Waals surface area contributed by atoms with Crippen molar-refractivity contribution >= 4 is 94.2 Å². The molecule has 0 spiro atoms. The fraction of sp³-hybridized carbons (Fsp3) is 0.714. The maximum absolute atomic E-state index is 13.4. The van der Waals surface area contributed by atoms with Gasteiger partial charge >= 0.3 is 18.0 Å². The highest BCUT2D eigenvalue weighted by Gasteiger charge is 2.42. The van der Waals surface area contributed by atoms with Crippen LogP contribution in [0.1, 0.15) is 249 Å². The molecular formula is C77H123N9O17. The molecular weight excluding hydrogens is 1320 g/mol. The number of carbonyl (C=O) groups excluding carboxylic acids is 16. The Hall–Kier alpha value is -8.06. The van der Waals surface area contributed by atoms with Gasteiger partial charge in [0, 0.05) is 133 Å². The number of nitrogens with two attached hydrogens (primary N) is 2. The Labute approximate surface area is 610 Å². The Morgan fingerprint density at radius 2 is 0.816 bits per heavy atom. The minimum absolute atomic E-state index is 0.0124. The van der Waals surface area contributed by atoms with Gasteiger partial charge in [0.2, 0.25) is 47.3 Å². The molecule has 0 bridgehead atoms. The fourth-order valence-corrected chi connectivity index (χ4v) is 12.6. The van der Waals surface area contributed by atoms with Gasteiger partial charge in [0.15, 0.2) is 11.6 Å². The number of amides is 12. The summed E-state index contributed by atoms with van der Waals surface area (Å²) in [6.45, 7) is 25.9. The molecule has 26 heteroatoms. The Morgan fingerprint density at radius 1 is 0.466 bits per heavy atom. The third-order valence-electron chi connectivity index (χ3n) is 19.2. The molecule has 3 fully saturated rings. The summed E-state index contributed by atoms with van der Waals surface area (Å²) in [6.07, 6.45) is 11.2. The number of rotatable bonds is 47. The first-order valence-corrected chi connectivity index (χ1v) is 37.5. The van der Waals surface area contributed by atoms with Gasteiger partial charge < -0.3 is 42.3 Å². The highest BCUT2D eigenvalue weighted by Crippen LogP contribution is 2.30. The highest BCUT2D eigenvalue weighted by atomic mass is 16.5. The number of Topliss-reactive ketones (excluding diaryl/α,β-unsaturated/α-hetero) is 5. The number of esters is 1. The number of carbonyl (C=O) groups is 16. The standard InChI is InChI=1S/C35H52N4O8.C28H48N4O6.C14H23NO3/c1-22(2)28(19-27(41)10-7-6-8-17-39-32(43)20-29(23(3)4)34(39)45)33(44)38-30(11-9-16-37-35(36)46)31(42)18-25-12-14-26(15-13-25)21-47-24(5)40;1-6-11-24(34)23(13-10-14-30-28(29)38)31-26(36)21(18(2)3)16-20(33)12-8-7-9-15-32-25(35)17-22(19(4)5)27(32)37;1-10(2)12-9-13(17)15(14(12)18)8-6-4-5-7-11(3)16/h12-15,22-23,28-30H,6-11,16-21H2,1-5H3,(H,38,44)(H3,36,37,46);18-19,21-23H,6-17H2,1-5H3,(H,31,36)(H3,29,30,38);10,12H,4-9H2,1-3H3/t28-,29?,30-;21-,22?,23-;/m00./s1. The second-order valence-corrected chi connectivity index (χ2v) is 29.6. The first-order valence-electron chi connectivity index (χ1n) is 37.5. The fourth-order valence-electron chi connectivity index (χ4n) is 12.6. The maximum atomic E-state index is 13.4. The van der Waals surface area contributed by atoms with Crippen molar-refractivity contribution < 1.29 is 81.4 Å². The zero-order chi connectivity index (χ0) is 77.6. The van der Waals surface area contributed by atoms with E-state index in [1.165, 1.54) is 21.6 Å². The van der Waals surface area contributed by atoms with Crippen LogP contribution in [0.5, 0.6) is 0 Å². The van der Waals surface area contributed by atoms with Gasteiger partial charge in [-0.05, 0) is 118 Å². The van der Waals surface area contributed by atoms with Gasteiger partial charge in [0.1, 0.15) is 24.0 Å². The molecule has 3 aliphatic heterocycles. The summed E-state index contributed by atoms with van der Waals surface area (Å²) in [7, 11) is 0. The summed E-state index contributed by atoms with van der Waals surface area (Å²) in [5.74, 6) is -3.28. The van der Waals surface area contributed by atoms with Crippen molar-refractivity contribution in [3.8, 4) is 0 Å². The van der Waals surface area contributed by atoms with Crippen LogP contribution in [0.4, 0.5) is 9.59 Å². The number of nitrogens with one attached hydrogen (secondary N) is 4. The molecule has 103 heavy (non-hydrogen) atoms. The second kappa shape index (κ2) is 48.1. The second-order valence-electron chi connectivity index (χ2n) is 29.6. The van der Waals surface area contributed by atoms with E-state index in [1.54, 1.807) is 31.2 Å². The van der Waals surface area contributed by atoms with E-state index >= 15 is 0 Å². The summed E-state index contributed by atoms with van der Waals surface area (Å²) in [5.41, 5.74) is 11.7. The summed E-state index contributed by atoms with van der Waals surface area (Å²) in [6, 6.07) is 4.25. The largest absolute Gasteiger partial charge is 0.461 e. The number of benzene rings is 1. The molecule has 3 heterocycles. The van der Waals surface area contributed by atoms with E-state index < -0.39 is 36.0 Å².